The highest BCUT2D eigenvalue weighted by Crippen LogP contribution is 2.46. The van der Waals surface area contributed by atoms with Crippen LogP contribution in [-0.4, -0.2) is 21.9 Å². The Morgan fingerprint density at radius 3 is 2.31 bits per heavy atom. The normalized spacial score (nSPS) is 27.8. The fourth-order valence-electron chi connectivity index (χ4n) is 1.63. The molecule has 0 aromatic rings. The van der Waals surface area contributed by atoms with Crippen molar-refractivity contribution in [1.29, 1.82) is 0 Å². The topological polar surface area (TPSA) is 46.5 Å². The zero-order chi connectivity index (χ0) is 12.6. The number of allylic oxidation sites excluding steroid dienone is 2. The second-order valence-electron chi connectivity index (χ2n) is 4.57. The lowest BCUT2D eigenvalue weighted by Crippen LogP contribution is -2.61. The van der Waals surface area contributed by atoms with Crippen molar-refractivity contribution in [2.75, 3.05) is 0 Å². The third kappa shape index (κ3) is 1.80. The minimum atomic E-state index is -2.65. The highest BCUT2D eigenvalue weighted by Gasteiger charge is 2.66. The number of carbonyl (C=O) groups is 1. The average molecular weight is 234 g/mol. The first kappa shape index (κ1) is 12.6. The van der Waals surface area contributed by atoms with Gasteiger partial charge in [0.2, 0.25) is 0 Å². The average Bonchev–Trinajstić information content (AvgIpc) is 2.05. The van der Waals surface area contributed by atoms with E-state index < -0.39 is 22.2 Å². The number of rotatable bonds is 1. The van der Waals surface area contributed by atoms with Crippen LogP contribution in [-0.2, 0) is 4.74 Å². The highest BCUT2D eigenvalue weighted by atomic mass is 19.4. The Bertz CT molecular complexity index is 358. The zero-order valence-corrected chi connectivity index (χ0v) is 9.28. The van der Waals surface area contributed by atoms with E-state index in [1.54, 1.807) is 0 Å². The zero-order valence-electron chi connectivity index (χ0n) is 9.28. The summed E-state index contributed by atoms with van der Waals surface area (Å²) in [6, 6.07) is 0. The third-order valence-corrected chi connectivity index (χ3v) is 2.47. The molecule has 0 aromatic carbocycles. The molecule has 1 rings (SSSR count). The first-order valence-corrected chi connectivity index (χ1v) is 4.69. The van der Waals surface area contributed by atoms with Crippen LogP contribution in [0.5, 0.6) is 0 Å². The summed E-state index contributed by atoms with van der Waals surface area (Å²) in [5, 5.41) is 8.60. The maximum Gasteiger partial charge on any atom is 0.511 e. The molecule has 1 heterocycles. The van der Waals surface area contributed by atoms with Crippen molar-refractivity contribution in [2.45, 2.75) is 26.5 Å². The predicted octanol–water partition coefficient (Wildman–Crippen LogP) is 3.09. The minimum absolute atomic E-state index is 0.591. The van der Waals surface area contributed by atoms with Gasteiger partial charge in [0.05, 0.1) is 14.4 Å². The number of nitrogens with zero attached hydrogens (tertiary/aromatic N) is 1. The first-order valence-electron chi connectivity index (χ1n) is 4.69. The molecule has 1 aliphatic rings. The van der Waals surface area contributed by atoms with Gasteiger partial charge in [0.1, 0.15) is 4.93 Å². The second kappa shape index (κ2) is 3.55. The van der Waals surface area contributed by atoms with Crippen molar-refractivity contribution >= 4 is 6.16 Å². The van der Waals surface area contributed by atoms with E-state index >= 15 is 0 Å². The minimum Gasteiger partial charge on any atom is -0.450 e. The Labute approximate surface area is 91.9 Å². The van der Waals surface area contributed by atoms with Gasteiger partial charge in [0.25, 0.3) is 0 Å². The van der Waals surface area contributed by atoms with Crippen LogP contribution in [0, 0.1) is 5.41 Å². The SMILES string of the molecule is CC(C)(C)C1(OC(=O)O)C=CC=C[N+]1(F)F. The van der Waals surface area contributed by atoms with Gasteiger partial charge in [-0.2, -0.15) is 0 Å². The van der Waals surface area contributed by atoms with E-state index in [0.717, 1.165) is 12.2 Å². The van der Waals surface area contributed by atoms with E-state index in [0.29, 0.717) is 6.20 Å². The molecule has 1 unspecified atom stereocenters. The number of ether oxygens (including phenoxy) is 1. The Morgan fingerprint density at radius 1 is 1.38 bits per heavy atom. The van der Waals surface area contributed by atoms with E-state index in [2.05, 4.69) is 4.74 Å². The van der Waals surface area contributed by atoms with Crippen molar-refractivity contribution < 1.29 is 28.5 Å². The lowest BCUT2D eigenvalue weighted by atomic mass is 9.81. The summed E-state index contributed by atoms with van der Waals surface area (Å²) in [5.74, 6) is 0. The standard InChI is InChI=1S/C10H13F2NO3/c1-9(2,3)10(16-8(14)15)6-4-5-7-13(10,11)12/h4-7H,1-3H3/p+1. The fourth-order valence-corrected chi connectivity index (χ4v) is 1.63. The maximum atomic E-state index is 13.8. The van der Waals surface area contributed by atoms with Crippen LogP contribution in [0.25, 0.3) is 0 Å². The molecule has 1 N–H and O–H groups in total. The van der Waals surface area contributed by atoms with Gasteiger partial charge in [-0.3, -0.25) is 0 Å². The van der Waals surface area contributed by atoms with Crippen molar-refractivity contribution in [2.24, 2.45) is 5.41 Å². The Kier molecular flexibility index (Phi) is 2.81. The number of carboxylic acid groups (broad SMARTS) is 1. The summed E-state index contributed by atoms with van der Waals surface area (Å²) in [4.78, 5) is 7.93. The fraction of sp³-hybridized carbons (Fsp3) is 0.500. The van der Waals surface area contributed by atoms with E-state index in [9.17, 15) is 13.8 Å². The molecule has 1 aliphatic heterocycles. The van der Waals surface area contributed by atoms with Crippen LogP contribution in [0.2, 0.25) is 0 Å². The molecule has 0 saturated heterocycles. The van der Waals surface area contributed by atoms with Gasteiger partial charge in [-0.1, -0.05) is 6.08 Å². The molecule has 0 spiro atoms. The van der Waals surface area contributed by atoms with Crippen LogP contribution in [0.3, 0.4) is 0 Å². The molecule has 0 amide bonds. The summed E-state index contributed by atoms with van der Waals surface area (Å²) in [7, 11) is 0. The van der Waals surface area contributed by atoms with Crippen LogP contribution in [0.1, 0.15) is 20.8 Å². The molecule has 0 bridgehead atoms. The summed E-state index contributed by atoms with van der Waals surface area (Å²) in [5.41, 5.74) is -3.32. The molecule has 0 radical (unpaired) electrons. The van der Waals surface area contributed by atoms with Gasteiger partial charge in [-0.15, -0.1) is 0 Å². The molecule has 16 heavy (non-hydrogen) atoms. The van der Waals surface area contributed by atoms with Crippen molar-refractivity contribution in [1.82, 2.24) is 0 Å². The molecule has 90 valence electrons. The summed E-state index contributed by atoms with van der Waals surface area (Å²) in [6.07, 6.45) is 2.43. The Hall–Kier alpha value is -1.43. The predicted molar refractivity (Wildman–Crippen MR) is 52.1 cm³/mol. The van der Waals surface area contributed by atoms with Gasteiger partial charge in [0.15, 0.2) is 6.20 Å². The van der Waals surface area contributed by atoms with Crippen LogP contribution >= 0.6 is 0 Å². The number of hydrogen-bond acceptors (Lipinski definition) is 2. The molecule has 0 saturated carbocycles. The van der Waals surface area contributed by atoms with Gasteiger partial charge >= 0.3 is 11.9 Å². The smallest absolute Gasteiger partial charge is 0.450 e. The van der Waals surface area contributed by atoms with Crippen molar-refractivity contribution in [3.63, 3.8) is 0 Å². The van der Waals surface area contributed by atoms with E-state index in [4.69, 9.17) is 5.11 Å². The lowest BCUT2D eigenvalue weighted by Gasteiger charge is -2.40. The number of hydrogen-bond donors (Lipinski definition) is 1. The van der Waals surface area contributed by atoms with Gasteiger partial charge in [-0.05, 0) is 26.8 Å². The summed E-state index contributed by atoms with van der Waals surface area (Å²) in [6.45, 7) is 4.47. The van der Waals surface area contributed by atoms with E-state index in [-0.39, 0.29) is 0 Å². The van der Waals surface area contributed by atoms with Crippen molar-refractivity contribution in [3.8, 4) is 0 Å². The molecule has 1 atom stereocenters. The lowest BCUT2D eigenvalue weighted by molar-refractivity contribution is -1.18. The van der Waals surface area contributed by atoms with Crippen LogP contribution < -0.4 is 0 Å². The molecule has 0 fully saturated rings. The van der Waals surface area contributed by atoms with Gasteiger partial charge < -0.3 is 9.84 Å². The van der Waals surface area contributed by atoms with Crippen LogP contribution in [0.4, 0.5) is 13.8 Å². The molecule has 6 heteroatoms. The largest absolute Gasteiger partial charge is 0.511 e. The Balaban J connectivity index is 3.29. The Morgan fingerprint density at radius 2 is 1.94 bits per heavy atom. The molecular weight excluding hydrogens is 220 g/mol. The number of halogens is 2. The monoisotopic (exact) mass is 234 g/mol. The van der Waals surface area contributed by atoms with E-state index in [1.807, 2.05) is 0 Å². The molecule has 4 nitrogen and oxygen atoms in total. The van der Waals surface area contributed by atoms with E-state index in [1.165, 1.54) is 26.8 Å². The molecular formula is C10H14F2NO3+. The van der Waals surface area contributed by atoms with Crippen molar-refractivity contribution in [3.05, 3.63) is 24.4 Å². The summed E-state index contributed by atoms with van der Waals surface area (Å²) >= 11 is 0. The first-order chi connectivity index (χ1) is 7.12. The number of quaternary nitrogens is 1. The van der Waals surface area contributed by atoms with Gasteiger partial charge in [-0.25, -0.2) is 4.79 Å². The highest BCUT2D eigenvalue weighted by molar-refractivity contribution is 5.58. The quantitative estimate of drug-likeness (QED) is 0.560. The summed E-state index contributed by atoms with van der Waals surface area (Å²) < 4.78 is 32.0. The second-order valence-corrected chi connectivity index (χ2v) is 4.57. The van der Waals surface area contributed by atoms with Gasteiger partial charge in [0, 0.05) is 6.08 Å². The molecule has 0 aliphatic carbocycles. The van der Waals surface area contributed by atoms with Crippen LogP contribution in [0.15, 0.2) is 24.4 Å². The molecule has 0 aromatic heterocycles. The maximum absolute atomic E-state index is 13.8. The third-order valence-electron chi connectivity index (χ3n) is 2.47.